The second-order valence-electron chi connectivity index (χ2n) is 4.24. The highest BCUT2D eigenvalue weighted by molar-refractivity contribution is 7.89. The van der Waals surface area contributed by atoms with Crippen molar-refractivity contribution < 1.29 is 17.9 Å². The van der Waals surface area contributed by atoms with Crippen LogP contribution in [0.4, 0.5) is 10.1 Å². The minimum Gasteiger partial charge on any atom is -0.396 e. The predicted octanol–water partition coefficient (Wildman–Crippen LogP) is 0.684. The number of halogens is 1. The SMILES string of the molecule is Cc1cc(F)c(N)c(C)c1S(=O)(=O)NC[C@@H](C)O. The summed E-state index contributed by atoms with van der Waals surface area (Å²) in [5.41, 5.74) is 5.75. The van der Waals surface area contributed by atoms with Crippen LogP contribution < -0.4 is 10.5 Å². The average molecular weight is 276 g/mol. The quantitative estimate of drug-likeness (QED) is 0.705. The number of benzene rings is 1. The molecule has 0 saturated carbocycles. The van der Waals surface area contributed by atoms with Gasteiger partial charge in [-0.1, -0.05) is 0 Å². The molecule has 5 nitrogen and oxygen atoms in total. The summed E-state index contributed by atoms with van der Waals surface area (Å²) in [5, 5.41) is 9.09. The molecule has 0 unspecified atom stereocenters. The predicted molar refractivity (Wildman–Crippen MR) is 67.2 cm³/mol. The molecule has 0 aromatic heterocycles. The van der Waals surface area contributed by atoms with Crippen LogP contribution >= 0.6 is 0 Å². The molecule has 0 bridgehead atoms. The van der Waals surface area contributed by atoms with Crippen LogP contribution in [0.1, 0.15) is 18.1 Å². The number of nitrogens with one attached hydrogen (secondary N) is 1. The van der Waals surface area contributed by atoms with Crippen LogP contribution in [0.2, 0.25) is 0 Å². The zero-order chi connectivity index (χ0) is 14.1. The molecule has 0 aliphatic heterocycles. The van der Waals surface area contributed by atoms with Crippen LogP contribution in [-0.4, -0.2) is 26.2 Å². The van der Waals surface area contributed by atoms with Crippen molar-refractivity contribution in [2.45, 2.75) is 31.8 Å². The first-order valence-corrected chi connectivity index (χ1v) is 6.88. The largest absolute Gasteiger partial charge is 0.396 e. The van der Waals surface area contributed by atoms with E-state index in [2.05, 4.69) is 4.72 Å². The van der Waals surface area contributed by atoms with Crippen molar-refractivity contribution in [2.75, 3.05) is 12.3 Å². The molecule has 0 spiro atoms. The van der Waals surface area contributed by atoms with Crippen LogP contribution in [-0.2, 0) is 10.0 Å². The molecule has 1 atom stereocenters. The molecule has 18 heavy (non-hydrogen) atoms. The maximum atomic E-state index is 13.3. The van der Waals surface area contributed by atoms with E-state index >= 15 is 0 Å². The molecule has 0 amide bonds. The third-order valence-electron chi connectivity index (χ3n) is 2.54. The first kappa shape index (κ1) is 14.9. The molecule has 1 aromatic rings. The monoisotopic (exact) mass is 276 g/mol. The molecule has 0 aliphatic rings. The Hall–Kier alpha value is -1.18. The van der Waals surface area contributed by atoms with E-state index in [1.165, 1.54) is 20.8 Å². The van der Waals surface area contributed by atoms with Crippen molar-refractivity contribution >= 4 is 15.7 Å². The number of hydrogen-bond acceptors (Lipinski definition) is 4. The Morgan fingerprint density at radius 3 is 2.56 bits per heavy atom. The molecule has 0 radical (unpaired) electrons. The standard InChI is InChI=1S/C11H17FN2O3S/c1-6-4-9(12)10(13)8(3)11(6)18(16,17)14-5-7(2)15/h4,7,14-15H,5,13H2,1-3H3/t7-/m1/s1. The Kier molecular flexibility index (Phi) is 4.31. The van der Waals surface area contributed by atoms with E-state index in [1.54, 1.807) is 0 Å². The highest BCUT2D eigenvalue weighted by Crippen LogP contribution is 2.27. The Morgan fingerprint density at radius 1 is 1.50 bits per heavy atom. The van der Waals surface area contributed by atoms with E-state index in [1.807, 2.05) is 0 Å². The number of hydrogen-bond donors (Lipinski definition) is 3. The average Bonchev–Trinajstić information content (AvgIpc) is 2.23. The number of aliphatic hydroxyl groups is 1. The summed E-state index contributed by atoms with van der Waals surface area (Å²) >= 11 is 0. The molecule has 0 heterocycles. The van der Waals surface area contributed by atoms with Gasteiger partial charge in [0.2, 0.25) is 10.0 Å². The van der Waals surface area contributed by atoms with Gasteiger partial charge in [-0.2, -0.15) is 0 Å². The van der Waals surface area contributed by atoms with Crippen molar-refractivity contribution in [3.8, 4) is 0 Å². The van der Waals surface area contributed by atoms with Gasteiger partial charge in [0.15, 0.2) is 0 Å². The van der Waals surface area contributed by atoms with Crippen molar-refractivity contribution in [1.29, 1.82) is 0 Å². The van der Waals surface area contributed by atoms with E-state index in [-0.39, 0.29) is 28.3 Å². The normalized spacial score (nSPS) is 13.6. The van der Waals surface area contributed by atoms with Crippen molar-refractivity contribution in [1.82, 2.24) is 4.72 Å². The van der Waals surface area contributed by atoms with Gasteiger partial charge in [-0.05, 0) is 38.0 Å². The van der Waals surface area contributed by atoms with Crippen molar-refractivity contribution in [3.05, 3.63) is 23.0 Å². The van der Waals surface area contributed by atoms with Crippen LogP contribution in [0.15, 0.2) is 11.0 Å². The molecular formula is C11H17FN2O3S. The fraction of sp³-hybridized carbons (Fsp3) is 0.455. The van der Waals surface area contributed by atoms with Gasteiger partial charge in [0.05, 0.1) is 16.7 Å². The molecule has 4 N–H and O–H groups in total. The first-order valence-electron chi connectivity index (χ1n) is 5.39. The summed E-state index contributed by atoms with van der Waals surface area (Å²) < 4.78 is 39.7. The lowest BCUT2D eigenvalue weighted by Gasteiger charge is -2.15. The van der Waals surface area contributed by atoms with E-state index in [0.717, 1.165) is 6.07 Å². The summed E-state index contributed by atoms with van der Waals surface area (Å²) in [6.07, 6.45) is -0.807. The molecule has 0 saturated heterocycles. The lowest BCUT2D eigenvalue weighted by Crippen LogP contribution is -2.31. The number of rotatable bonds is 4. The number of nitrogen functional groups attached to an aromatic ring is 1. The highest BCUT2D eigenvalue weighted by Gasteiger charge is 2.22. The minimum atomic E-state index is -3.81. The van der Waals surface area contributed by atoms with Gasteiger partial charge in [-0.3, -0.25) is 0 Å². The summed E-state index contributed by atoms with van der Waals surface area (Å²) in [4.78, 5) is -0.0398. The maximum absolute atomic E-state index is 13.3. The second-order valence-corrected chi connectivity index (χ2v) is 5.95. The Morgan fingerprint density at radius 2 is 2.06 bits per heavy atom. The first-order chi connectivity index (χ1) is 8.16. The fourth-order valence-corrected chi connectivity index (χ4v) is 3.25. The number of anilines is 1. The summed E-state index contributed by atoms with van der Waals surface area (Å²) in [6, 6.07) is 1.08. The van der Waals surface area contributed by atoms with Gasteiger partial charge >= 0.3 is 0 Å². The molecule has 102 valence electrons. The van der Waals surface area contributed by atoms with E-state index < -0.39 is 21.9 Å². The van der Waals surface area contributed by atoms with Crippen LogP contribution in [0.5, 0.6) is 0 Å². The number of nitrogens with two attached hydrogens (primary N) is 1. The van der Waals surface area contributed by atoms with Gasteiger partial charge in [0, 0.05) is 6.54 Å². The van der Waals surface area contributed by atoms with E-state index in [0.29, 0.717) is 0 Å². The molecular weight excluding hydrogens is 259 g/mol. The zero-order valence-corrected chi connectivity index (χ0v) is 11.3. The van der Waals surface area contributed by atoms with E-state index in [4.69, 9.17) is 10.8 Å². The summed E-state index contributed by atoms with van der Waals surface area (Å²) in [7, 11) is -3.81. The lowest BCUT2D eigenvalue weighted by atomic mass is 10.1. The zero-order valence-electron chi connectivity index (χ0n) is 10.5. The number of sulfonamides is 1. The molecule has 1 aromatic carbocycles. The van der Waals surface area contributed by atoms with E-state index in [9.17, 15) is 12.8 Å². The highest BCUT2D eigenvalue weighted by atomic mass is 32.2. The molecule has 7 heteroatoms. The number of aliphatic hydroxyl groups excluding tert-OH is 1. The maximum Gasteiger partial charge on any atom is 0.241 e. The molecule has 0 fully saturated rings. The van der Waals surface area contributed by atoms with Gasteiger partial charge in [0.1, 0.15) is 5.82 Å². The lowest BCUT2D eigenvalue weighted by molar-refractivity contribution is 0.198. The Balaban J connectivity index is 3.29. The molecule has 1 rings (SSSR count). The minimum absolute atomic E-state index is 0.0398. The van der Waals surface area contributed by atoms with Crippen LogP contribution in [0.25, 0.3) is 0 Å². The third-order valence-corrected chi connectivity index (χ3v) is 4.25. The van der Waals surface area contributed by atoms with Gasteiger partial charge in [-0.25, -0.2) is 17.5 Å². The van der Waals surface area contributed by atoms with Crippen LogP contribution in [0.3, 0.4) is 0 Å². The van der Waals surface area contributed by atoms with Crippen LogP contribution in [0, 0.1) is 19.7 Å². The smallest absolute Gasteiger partial charge is 0.241 e. The molecule has 0 aliphatic carbocycles. The van der Waals surface area contributed by atoms with Crippen molar-refractivity contribution in [3.63, 3.8) is 0 Å². The van der Waals surface area contributed by atoms with Gasteiger partial charge in [0.25, 0.3) is 0 Å². The Labute approximate surface area is 106 Å². The summed E-state index contributed by atoms with van der Waals surface area (Å²) in [6.45, 7) is 4.29. The van der Waals surface area contributed by atoms with Crippen molar-refractivity contribution in [2.24, 2.45) is 0 Å². The fourth-order valence-electron chi connectivity index (χ4n) is 1.65. The third kappa shape index (κ3) is 2.98. The topological polar surface area (TPSA) is 92.4 Å². The summed E-state index contributed by atoms with van der Waals surface area (Å²) in [5.74, 6) is -0.639. The second kappa shape index (κ2) is 5.21. The van der Waals surface area contributed by atoms with Gasteiger partial charge < -0.3 is 10.8 Å². The number of aryl methyl sites for hydroxylation is 1. The Bertz CT molecular complexity index is 556. The van der Waals surface area contributed by atoms with Gasteiger partial charge in [-0.15, -0.1) is 0 Å².